The molecule has 2 aromatic heterocycles. The third-order valence-electron chi connectivity index (χ3n) is 3.16. The van der Waals surface area contributed by atoms with E-state index in [9.17, 15) is 9.59 Å². The molecule has 118 valence electrons. The summed E-state index contributed by atoms with van der Waals surface area (Å²) in [6.07, 6.45) is 9.78. The number of nitrogens with one attached hydrogen (secondary N) is 4. The normalized spacial score (nSPS) is 10.4. The van der Waals surface area contributed by atoms with Gasteiger partial charge in [-0.25, -0.2) is 9.97 Å². The number of hydrogen-bond donors (Lipinski definition) is 4. The second kappa shape index (κ2) is 8.60. The van der Waals surface area contributed by atoms with Crippen LogP contribution in [0.3, 0.4) is 0 Å². The maximum Gasteiger partial charge on any atom is 0.269 e. The van der Waals surface area contributed by atoms with Crippen LogP contribution in [0.5, 0.6) is 0 Å². The lowest BCUT2D eigenvalue weighted by Crippen LogP contribution is -2.25. The Kier molecular flexibility index (Phi) is 6.16. The molecule has 8 nitrogen and oxygen atoms in total. The van der Waals surface area contributed by atoms with E-state index in [2.05, 4.69) is 30.6 Å². The van der Waals surface area contributed by atoms with Gasteiger partial charge in [-0.3, -0.25) is 9.59 Å². The van der Waals surface area contributed by atoms with Crippen LogP contribution in [0.25, 0.3) is 0 Å². The van der Waals surface area contributed by atoms with E-state index in [1.165, 1.54) is 25.0 Å². The Hall–Kier alpha value is -2.64. The highest BCUT2D eigenvalue weighted by Crippen LogP contribution is 1.99. The summed E-state index contributed by atoms with van der Waals surface area (Å²) in [5, 5.41) is 5.64. The van der Waals surface area contributed by atoms with Crippen molar-refractivity contribution in [2.75, 3.05) is 13.1 Å². The lowest BCUT2D eigenvalue weighted by atomic mass is 10.2. The third-order valence-corrected chi connectivity index (χ3v) is 3.16. The largest absolute Gasteiger partial charge is 0.351 e. The predicted octanol–water partition coefficient (Wildman–Crippen LogP) is 0.853. The van der Waals surface area contributed by atoms with Gasteiger partial charge in [-0.2, -0.15) is 0 Å². The monoisotopic (exact) mass is 304 g/mol. The smallest absolute Gasteiger partial charge is 0.269 e. The summed E-state index contributed by atoms with van der Waals surface area (Å²) in [4.78, 5) is 36.3. The second-order valence-electron chi connectivity index (χ2n) is 4.86. The minimum atomic E-state index is -0.135. The number of rotatable bonds is 9. The quantitative estimate of drug-likeness (QED) is 0.514. The first-order valence-corrected chi connectivity index (χ1v) is 7.30. The zero-order chi connectivity index (χ0) is 15.6. The Morgan fingerprint density at radius 1 is 0.818 bits per heavy atom. The minimum Gasteiger partial charge on any atom is -0.351 e. The highest BCUT2D eigenvalue weighted by molar-refractivity contribution is 5.92. The molecule has 0 aliphatic rings. The van der Waals surface area contributed by atoms with Gasteiger partial charge in [0.2, 0.25) is 0 Å². The van der Waals surface area contributed by atoms with Gasteiger partial charge in [0.25, 0.3) is 11.8 Å². The molecule has 0 atom stereocenters. The van der Waals surface area contributed by atoms with Crippen LogP contribution < -0.4 is 10.6 Å². The van der Waals surface area contributed by atoms with Gasteiger partial charge < -0.3 is 20.6 Å². The predicted molar refractivity (Wildman–Crippen MR) is 80.3 cm³/mol. The number of hydrogen-bond acceptors (Lipinski definition) is 4. The number of aromatic amines is 2. The zero-order valence-electron chi connectivity index (χ0n) is 12.3. The van der Waals surface area contributed by atoms with Gasteiger partial charge in [0.15, 0.2) is 0 Å². The highest BCUT2D eigenvalue weighted by atomic mass is 16.2. The highest BCUT2D eigenvalue weighted by Gasteiger charge is 2.06. The average molecular weight is 304 g/mol. The van der Waals surface area contributed by atoms with E-state index in [4.69, 9.17) is 0 Å². The average Bonchev–Trinajstić information content (AvgIpc) is 3.22. The van der Waals surface area contributed by atoms with E-state index in [1.807, 2.05) is 0 Å². The van der Waals surface area contributed by atoms with E-state index in [1.54, 1.807) is 0 Å². The van der Waals surface area contributed by atoms with Crippen molar-refractivity contribution >= 4 is 11.8 Å². The lowest BCUT2D eigenvalue weighted by Gasteiger charge is -2.05. The molecule has 2 aromatic rings. The first kappa shape index (κ1) is 15.7. The van der Waals surface area contributed by atoms with Crippen LogP contribution in [0.15, 0.2) is 25.0 Å². The number of carbonyl (C=O) groups is 2. The van der Waals surface area contributed by atoms with Gasteiger partial charge in [-0.05, 0) is 12.8 Å². The molecule has 2 heterocycles. The molecule has 0 aliphatic carbocycles. The third kappa shape index (κ3) is 5.04. The Labute approximate surface area is 128 Å². The molecule has 0 spiro atoms. The van der Waals surface area contributed by atoms with Crippen molar-refractivity contribution in [1.82, 2.24) is 30.6 Å². The molecule has 0 bridgehead atoms. The van der Waals surface area contributed by atoms with Crippen LogP contribution in [0.1, 0.15) is 46.7 Å². The van der Waals surface area contributed by atoms with Gasteiger partial charge in [0.05, 0.1) is 25.0 Å². The Morgan fingerprint density at radius 3 is 1.64 bits per heavy atom. The van der Waals surface area contributed by atoms with E-state index in [0.29, 0.717) is 24.5 Å². The topological polar surface area (TPSA) is 116 Å². The zero-order valence-corrected chi connectivity index (χ0v) is 12.3. The summed E-state index contributed by atoms with van der Waals surface area (Å²) in [6, 6.07) is 0. The molecule has 22 heavy (non-hydrogen) atoms. The Bertz CT molecular complexity index is 512. The van der Waals surface area contributed by atoms with Gasteiger partial charge in [0.1, 0.15) is 11.4 Å². The molecule has 0 saturated heterocycles. The van der Waals surface area contributed by atoms with E-state index < -0.39 is 0 Å². The van der Waals surface area contributed by atoms with E-state index in [-0.39, 0.29) is 11.8 Å². The van der Waals surface area contributed by atoms with Gasteiger partial charge >= 0.3 is 0 Å². The maximum atomic E-state index is 11.6. The molecular formula is C14H20N6O2. The maximum absolute atomic E-state index is 11.6. The molecule has 0 unspecified atom stereocenters. The second-order valence-corrected chi connectivity index (χ2v) is 4.86. The molecule has 0 saturated carbocycles. The van der Waals surface area contributed by atoms with Gasteiger partial charge in [-0.1, -0.05) is 12.8 Å². The fourth-order valence-corrected chi connectivity index (χ4v) is 1.96. The number of amides is 2. The van der Waals surface area contributed by atoms with E-state index >= 15 is 0 Å². The number of H-pyrrole nitrogens is 2. The number of nitrogens with zero attached hydrogens (tertiary/aromatic N) is 2. The van der Waals surface area contributed by atoms with Crippen molar-refractivity contribution in [2.24, 2.45) is 0 Å². The lowest BCUT2D eigenvalue weighted by molar-refractivity contribution is 0.0939. The summed E-state index contributed by atoms with van der Waals surface area (Å²) >= 11 is 0. The van der Waals surface area contributed by atoms with Crippen molar-refractivity contribution in [3.8, 4) is 0 Å². The summed E-state index contributed by atoms with van der Waals surface area (Å²) in [5.41, 5.74) is 0.947. The number of imidazole rings is 2. The SMILES string of the molecule is O=C(NCCCCCCNC(=O)c1cnc[nH]1)c1cnc[nH]1. The molecule has 0 fully saturated rings. The van der Waals surface area contributed by atoms with Crippen molar-refractivity contribution in [1.29, 1.82) is 0 Å². The van der Waals surface area contributed by atoms with Gasteiger partial charge in [-0.15, -0.1) is 0 Å². The first-order chi connectivity index (χ1) is 10.8. The molecule has 2 rings (SSSR count). The Balaban J connectivity index is 1.45. The fourth-order valence-electron chi connectivity index (χ4n) is 1.96. The van der Waals surface area contributed by atoms with Crippen molar-refractivity contribution in [3.05, 3.63) is 36.4 Å². The summed E-state index contributed by atoms with van der Waals surface area (Å²) in [5.74, 6) is -0.270. The van der Waals surface area contributed by atoms with Crippen LogP contribution in [-0.2, 0) is 0 Å². The van der Waals surface area contributed by atoms with Crippen molar-refractivity contribution in [2.45, 2.75) is 25.7 Å². The van der Waals surface area contributed by atoms with Crippen LogP contribution in [0, 0.1) is 0 Å². The van der Waals surface area contributed by atoms with Crippen LogP contribution >= 0.6 is 0 Å². The summed E-state index contributed by atoms with van der Waals surface area (Å²) < 4.78 is 0. The fraction of sp³-hybridized carbons (Fsp3) is 0.429. The molecule has 0 aliphatic heterocycles. The minimum absolute atomic E-state index is 0.135. The van der Waals surface area contributed by atoms with Gasteiger partial charge in [0, 0.05) is 13.1 Å². The van der Waals surface area contributed by atoms with Crippen molar-refractivity contribution in [3.63, 3.8) is 0 Å². The number of unbranched alkanes of at least 4 members (excludes halogenated alkanes) is 3. The molecular weight excluding hydrogens is 284 g/mol. The van der Waals surface area contributed by atoms with E-state index in [0.717, 1.165) is 25.7 Å². The van der Waals surface area contributed by atoms with Crippen LogP contribution in [0.2, 0.25) is 0 Å². The molecule has 0 radical (unpaired) electrons. The van der Waals surface area contributed by atoms with Crippen LogP contribution in [-0.4, -0.2) is 44.8 Å². The molecule has 4 N–H and O–H groups in total. The van der Waals surface area contributed by atoms with Crippen molar-refractivity contribution < 1.29 is 9.59 Å². The number of carbonyl (C=O) groups excluding carboxylic acids is 2. The first-order valence-electron chi connectivity index (χ1n) is 7.30. The molecule has 8 heteroatoms. The molecule has 2 amide bonds. The standard InChI is InChI=1S/C14H20N6O2/c21-13(11-7-15-9-19-11)17-5-3-1-2-4-6-18-14(22)12-8-16-10-20-12/h7-10H,1-6H2,(H,15,19)(H,16,20)(H,17,21)(H,18,22). The number of aromatic nitrogens is 4. The Morgan fingerprint density at radius 2 is 1.27 bits per heavy atom. The molecule has 0 aromatic carbocycles. The summed E-state index contributed by atoms with van der Waals surface area (Å²) in [7, 11) is 0. The summed E-state index contributed by atoms with van der Waals surface area (Å²) in [6.45, 7) is 1.27. The van der Waals surface area contributed by atoms with Crippen LogP contribution in [0.4, 0.5) is 0 Å².